The number of nitrogens with two attached hydrogens (primary N) is 1. The molecule has 120 valence electrons. The first-order chi connectivity index (χ1) is 9.73. The van der Waals surface area contributed by atoms with Gasteiger partial charge in [-0.2, -0.15) is 5.10 Å². The van der Waals surface area contributed by atoms with E-state index in [1.54, 1.807) is 6.20 Å². The Kier molecular flexibility index (Phi) is 6.87. The first kappa shape index (κ1) is 18.2. The normalized spacial score (nSPS) is 13.0. The highest BCUT2D eigenvalue weighted by Crippen LogP contribution is 2.21. The van der Waals surface area contributed by atoms with Gasteiger partial charge in [-0.1, -0.05) is 27.7 Å². The molecule has 0 aromatic carbocycles. The van der Waals surface area contributed by atoms with Crippen LogP contribution in [0.3, 0.4) is 0 Å². The smallest absolute Gasteiger partial charge is 0.283 e. The molecule has 1 aromatic rings. The topological polar surface area (TPSA) is 64.2 Å². The Balaban J connectivity index is 2.84. The maximum atomic E-state index is 12.3. The molecular formula is C15H27BrN4O. The molecule has 0 bridgehead atoms. The van der Waals surface area contributed by atoms with Gasteiger partial charge in [0.15, 0.2) is 0 Å². The molecule has 0 aliphatic heterocycles. The number of hydrogen-bond donors (Lipinski definition) is 1. The molecule has 0 spiro atoms. The molecule has 5 nitrogen and oxygen atoms in total. The molecule has 0 aliphatic carbocycles. The van der Waals surface area contributed by atoms with E-state index in [4.69, 9.17) is 5.73 Å². The molecule has 0 aliphatic rings. The van der Waals surface area contributed by atoms with Crippen molar-refractivity contribution >= 4 is 21.6 Å². The molecule has 1 rings (SSSR count). The molecule has 21 heavy (non-hydrogen) atoms. The minimum atomic E-state index is -0.0822. The van der Waals surface area contributed by atoms with E-state index in [1.807, 2.05) is 11.9 Å². The van der Waals surface area contributed by atoms with E-state index in [0.29, 0.717) is 22.9 Å². The highest BCUT2D eigenvalue weighted by molar-refractivity contribution is 9.10. The third kappa shape index (κ3) is 5.11. The summed E-state index contributed by atoms with van der Waals surface area (Å²) in [7, 11) is 1.96. The molecule has 0 saturated heterocycles. The summed E-state index contributed by atoms with van der Waals surface area (Å²) in [6, 6.07) is 0.167. The minimum Gasteiger partial charge on any atom is -0.372 e. The van der Waals surface area contributed by atoms with Crippen LogP contribution in [0.2, 0.25) is 0 Å². The fourth-order valence-corrected chi connectivity index (χ4v) is 2.60. The summed E-state index contributed by atoms with van der Waals surface area (Å²) in [5.74, 6) is 0.841. The second-order valence-electron chi connectivity index (χ2n) is 6.34. The Morgan fingerprint density at radius 1 is 1.38 bits per heavy atom. The monoisotopic (exact) mass is 358 g/mol. The van der Waals surface area contributed by atoms with Crippen LogP contribution < -0.4 is 16.2 Å². The molecule has 0 fully saturated rings. The van der Waals surface area contributed by atoms with Gasteiger partial charge in [0.2, 0.25) is 0 Å². The quantitative estimate of drug-likeness (QED) is 0.812. The molecule has 6 heteroatoms. The third-order valence-electron chi connectivity index (χ3n) is 3.57. The van der Waals surface area contributed by atoms with Crippen molar-refractivity contribution < 1.29 is 0 Å². The minimum absolute atomic E-state index is 0.0822. The Morgan fingerprint density at radius 2 is 2.00 bits per heavy atom. The molecule has 2 N–H and O–H groups in total. The maximum Gasteiger partial charge on any atom is 0.283 e. The zero-order valence-electron chi connectivity index (χ0n) is 13.6. The van der Waals surface area contributed by atoms with Crippen LogP contribution in [0.25, 0.3) is 0 Å². The Bertz CT molecular complexity index is 513. The summed E-state index contributed by atoms with van der Waals surface area (Å²) in [5, 5.41) is 4.26. The van der Waals surface area contributed by atoms with Gasteiger partial charge < -0.3 is 10.6 Å². The molecule has 1 atom stereocenters. The first-order valence-corrected chi connectivity index (χ1v) is 8.25. The van der Waals surface area contributed by atoms with E-state index in [1.165, 1.54) is 4.68 Å². The van der Waals surface area contributed by atoms with Crippen LogP contribution in [-0.2, 0) is 6.54 Å². The van der Waals surface area contributed by atoms with Crippen LogP contribution in [-0.4, -0.2) is 29.4 Å². The molecule has 0 radical (unpaired) electrons. The van der Waals surface area contributed by atoms with Crippen LogP contribution in [0.1, 0.15) is 34.1 Å². The number of anilines is 1. The fraction of sp³-hybridized carbons (Fsp3) is 0.733. The molecule has 1 unspecified atom stereocenters. The lowest BCUT2D eigenvalue weighted by atomic mass is 10.0. The average molecular weight is 359 g/mol. The van der Waals surface area contributed by atoms with Gasteiger partial charge in [-0.15, -0.1) is 0 Å². The second kappa shape index (κ2) is 7.94. The summed E-state index contributed by atoms with van der Waals surface area (Å²) in [5.41, 5.74) is 6.80. The Labute approximate surface area is 135 Å². The second-order valence-corrected chi connectivity index (χ2v) is 7.14. The molecule has 1 heterocycles. The lowest BCUT2D eigenvalue weighted by molar-refractivity contribution is 0.459. The predicted octanol–water partition coefficient (Wildman–Crippen LogP) is 2.47. The van der Waals surface area contributed by atoms with Gasteiger partial charge >= 0.3 is 0 Å². The zero-order chi connectivity index (χ0) is 16.2. The van der Waals surface area contributed by atoms with Crippen LogP contribution in [0.15, 0.2) is 15.5 Å². The van der Waals surface area contributed by atoms with Crippen LogP contribution >= 0.6 is 15.9 Å². The first-order valence-electron chi connectivity index (χ1n) is 7.46. The van der Waals surface area contributed by atoms with Gasteiger partial charge in [-0.05, 0) is 34.2 Å². The number of aromatic nitrogens is 2. The molecular weight excluding hydrogens is 332 g/mol. The number of halogens is 1. The highest BCUT2D eigenvalue weighted by atomic mass is 79.9. The number of hydrogen-bond acceptors (Lipinski definition) is 4. The molecule has 0 saturated carbocycles. The van der Waals surface area contributed by atoms with E-state index < -0.39 is 0 Å². The highest BCUT2D eigenvalue weighted by Gasteiger charge is 2.15. The van der Waals surface area contributed by atoms with Crippen LogP contribution in [0.5, 0.6) is 0 Å². The lowest BCUT2D eigenvalue weighted by Crippen LogP contribution is -2.33. The van der Waals surface area contributed by atoms with Gasteiger partial charge in [0.25, 0.3) is 5.56 Å². The van der Waals surface area contributed by atoms with E-state index in [2.05, 4.69) is 48.7 Å². The SMILES string of the molecule is CC(C)Cn1ncc(N(C)CCC(N)C(C)C)c(Br)c1=O. The summed E-state index contributed by atoms with van der Waals surface area (Å²) < 4.78 is 2.07. The number of rotatable bonds is 7. The van der Waals surface area contributed by atoms with Crippen molar-refractivity contribution in [2.75, 3.05) is 18.5 Å². The Morgan fingerprint density at radius 3 is 2.52 bits per heavy atom. The molecule has 1 aromatic heterocycles. The van der Waals surface area contributed by atoms with Crippen molar-refractivity contribution in [3.8, 4) is 0 Å². The van der Waals surface area contributed by atoms with Gasteiger partial charge in [0.1, 0.15) is 4.47 Å². The maximum absolute atomic E-state index is 12.3. The standard InChI is InChI=1S/C15H27BrN4O/c1-10(2)9-20-15(21)14(16)13(8-18-20)19(5)7-6-12(17)11(3)4/h8,10-12H,6-7,9,17H2,1-5H3. The van der Waals surface area contributed by atoms with Gasteiger partial charge in [0.05, 0.1) is 11.9 Å². The van der Waals surface area contributed by atoms with Crippen molar-refractivity contribution in [1.82, 2.24) is 9.78 Å². The average Bonchev–Trinajstić information content (AvgIpc) is 2.40. The van der Waals surface area contributed by atoms with Crippen molar-refractivity contribution in [3.05, 3.63) is 21.0 Å². The molecule has 0 amide bonds. The summed E-state index contributed by atoms with van der Waals surface area (Å²) in [6.45, 7) is 9.79. The summed E-state index contributed by atoms with van der Waals surface area (Å²) in [6.07, 6.45) is 2.63. The zero-order valence-corrected chi connectivity index (χ0v) is 15.2. The van der Waals surface area contributed by atoms with Crippen molar-refractivity contribution in [2.24, 2.45) is 17.6 Å². The Hall–Kier alpha value is -0.880. The van der Waals surface area contributed by atoms with E-state index in [9.17, 15) is 4.79 Å². The lowest BCUT2D eigenvalue weighted by Gasteiger charge is -2.24. The summed E-state index contributed by atoms with van der Waals surface area (Å²) >= 11 is 3.41. The van der Waals surface area contributed by atoms with Gasteiger partial charge in [0, 0.05) is 26.2 Å². The van der Waals surface area contributed by atoms with E-state index in [0.717, 1.165) is 18.7 Å². The number of nitrogens with zero attached hydrogens (tertiary/aromatic N) is 3. The van der Waals surface area contributed by atoms with Crippen LogP contribution in [0.4, 0.5) is 5.69 Å². The third-order valence-corrected chi connectivity index (χ3v) is 4.32. The fourth-order valence-electron chi connectivity index (χ4n) is 1.99. The van der Waals surface area contributed by atoms with Crippen LogP contribution in [0, 0.1) is 11.8 Å². The van der Waals surface area contributed by atoms with E-state index in [-0.39, 0.29) is 11.6 Å². The van der Waals surface area contributed by atoms with Crippen molar-refractivity contribution in [1.29, 1.82) is 0 Å². The van der Waals surface area contributed by atoms with Crippen molar-refractivity contribution in [2.45, 2.75) is 46.7 Å². The van der Waals surface area contributed by atoms with Gasteiger partial charge in [-0.25, -0.2) is 4.68 Å². The largest absolute Gasteiger partial charge is 0.372 e. The van der Waals surface area contributed by atoms with Gasteiger partial charge in [-0.3, -0.25) is 4.79 Å². The predicted molar refractivity (Wildman–Crippen MR) is 91.7 cm³/mol. The van der Waals surface area contributed by atoms with E-state index >= 15 is 0 Å². The van der Waals surface area contributed by atoms with Crippen molar-refractivity contribution in [3.63, 3.8) is 0 Å². The summed E-state index contributed by atoms with van der Waals surface area (Å²) in [4.78, 5) is 14.3.